The number of carbonyl (C=O) groups is 1. The van der Waals surface area contributed by atoms with Crippen LogP contribution in [0.25, 0.3) is 0 Å². The summed E-state index contributed by atoms with van der Waals surface area (Å²) in [5.41, 5.74) is 0.182. The molecule has 0 bridgehead atoms. The van der Waals surface area contributed by atoms with Crippen molar-refractivity contribution in [3.05, 3.63) is 0 Å². The minimum atomic E-state index is 0.182. The van der Waals surface area contributed by atoms with Gasteiger partial charge in [0.1, 0.15) is 0 Å². The first-order valence-corrected chi connectivity index (χ1v) is 6.73. The lowest BCUT2D eigenvalue weighted by atomic mass is 9.80. The quantitative estimate of drug-likeness (QED) is 0.823. The molecule has 0 radical (unpaired) electrons. The van der Waals surface area contributed by atoms with Gasteiger partial charge in [-0.05, 0) is 30.1 Å². The molecule has 2 atom stereocenters. The first-order chi connectivity index (χ1) is 7.84. The molecule has 3 heteroatoms. The molecule has 1 aliphatic rings. The highest BCUT2D eigenvalue weighted by molar-refractivity contribution is 5.76. The Morgan fingerprint density at radius 3 is 2.65 bits per heavy atom. The van der Waals surface area contributed by atoms with Gasteiger partial charge in [-0.3, -0.25) is 4.79 Å². The molecule has 1 aliphatic heterocycles. The smallest absolute Gasteiger partial charge is 0.222 e. The Morgan fingerprint density at radius 1 is 1.47 bits per heavy atom. The third kappa shape index (κ3) is 4.30. The summed E-state index contributed by atoms with van der Waals surface area (Å²) in [4.78, 5) is 14.1. The Kier molecular flexibility index (Phi) is 4.99. The molecule has 100 valence electrons. The largest absolute Gasteiger partial charge is 0.396 e. The SMILES string of the molecule is CC(CC(=O)N1CCCC(CO)C1)C(C)(C)C. The van der Waals surface area contributed by atoms with E-state index in [1.807, 2.05) is 4.90 Å². The second kappa shape index (κ2) is 5.85. The third-order valence-corrected chi connectivity index (χ3v) is 4.09. The summed E-state index contributed by atoms with van der Waals surface area (Å²) in [5, 5.41) is 9.16. The predicted octanol–water partition coefficient (Wildman–Crippen LogP) is 2.29. The van der Waals surface area contributed by atoms with Crippen molar-refractivity contribution in [1.82, 2.24) is 4.90 Å². The van der Waals surface area contributed by atoms with Crippen molar-refractivity contribution in [3.63, 3.8) is 0 Å². The van der Waals surface area contributed by atoms with Crippen molar-refractivity contribution in [3.8, 4) is 0 Å². The Balaban J connectivity index is 2.47. The van der Waals surface area contributed by atoms with Crippen molar-refractivity contribution in [2.75, 3.05) is 19.7 Å². The molecule has 1 amide bonds. The van der Waals surface area contributed by atoms with E-state index in [0.717, 1.165) is 25.9 Å². The Bertz CT molecular complexity index is 257. The highest BCUT2D eigenvalue weighted by atomic mass is 16.3. The average Bonchev–Trinajstić information content (AvgIpc) is 2.27. The van der Waals surface area contributed by atoms with Crippen molar-refractivity contribution in [1.29, 1.82) is 0 Å². The summed E-state index contributed by atoms with van der Waals surface area (Å²) in [7, 11) is 0. The molecular formula is C14H27NO2. The van der Waals surface area contributed by atoms with Gasteiger partial charge in [0.15, 0.2) is 0 Å². The van der Waals surface area contributed by atoms with Gasteiger partial charge in [-0.1, -0.05) is 27.7 Å². The van der Waals surface area contributed by atoms with E-state index in [1.165, 1.54) is 0 Å². The molecule has 0 spiro atoms. The minimum absolute atomic E-state index is 0.182. The summed E-state index contributed by atoms with van der Waals surface area (Å²) in [6, 6.07) is 0. The van der Waals surface area contributed by atoms with E-state index in [4.69, 9.17) is 5.11 Å². The monoisotopic (exact) mass is 241 g/mol. The number of nitrogens with zero attached hydrogens (tertiary/aromatic N) is 1. The van der Waals surface area contributed by atoms with Gasteiger partial charge in [0, 0.05) is 26.1 Å². The van der Waals surface area contributed by atoms with Crippen LogP contribution in [0.4, 0.5) is 0 Å². The maximum Gasteiger partial charge on any atom is 0.222 e. The molecule has 0 aliphatic carbocycles. The first-order valence-electron chi connectivity index (χ1n) is 6.73. The summed E-state index contributed by atoms with van der Waals surface area (Å²) in [6.45, 7) is 10.5. The van der Waals surface area contributed by atoms with Crippen molar-refractivity contribution >= 4 is 5.91 Å². The molecule has 2 unspecified atom stereocenters. The van der Waals surface area contributed by atoms with Crippen LogP contribution in [0.5, 0.6) is 0 Å². The minimum Gasteiger partial charge on any atom is -0.396 e. The molecule has 3 nitrogen and oxygen atoms in total. The van der Waals surface area contributed by atoms with Crippen molar-refractivity contribution < 1.29 is 9.90 Å². The number of hydrogen-bond acceptors (Lipinski definition) is 2. The number of rotatable bonds is 3. The highest BCUT2D eigenvalue weighted by Gasteiger charge is 2.27. The lowest BCUT2D eigenvalue weighted by Gasteiger charge is -2.34. The molecule has 0 aromatic rings. The Labute approximate surface area is 105 Å². The Morgan fingerprint density at radius 2 is 2.12 bits per heavy atom. The van der Waals surface area contributed by atoms with Gasteiger partial charge < -0.3 is 10.0 Å². The number of amides is 1. The fourth-order valence-electron chi connectivity index (χ4n) is 2.14. The Hall–Kier alpha value is -0.570. The highest BCUT2D eigenvalue weighted by Crippen LogP contribution is 2.29. The zero-order valence-corrected chi connectivity index (χ0v) is 11.7. The van der Waals surface area contributed by atoms with E-state index in [9.17, 15) is 4.79 Å². The van der Waals surface area contributed by atoms with Gasteiger partial charge in [0.05, 0.1) is 0 Å². The lowest BCUT2D eigenvalue weighted by molar-refractivity contribution is -0.135. The van der Waals surface area contributed by atoms with Crippen LogP contribution in [0.3, 0.4) is 0 Å². The van der Waals surface area contributed by atoms with E-state index < -0.39 is 0 Å². The molecule has 17 heavy (non-hydrogen) atoms. The van der Waals surface area contributed by atoms with Crippen LogP contribution < -0.4 is 0 Å². The van der Waals surface area contributed by atoms with Crippen LogP contribution in [0.15, 0.2) is 0 Å². The van der Waals surface area contributed by atoms with Crippen LogP contribution in [-0.4, -0.2) is 35.6 Å². The second-order valence-corrected chi connectivity index (χ2v) is 6.50. The molecule has 1 fully saturated rings. The maximum absolute atomic E-state index is 12.2. The number of likely N-dealkylation sites (tertiary alicyclic amines) is 1. The molecule has 1 heterocycles. The van der Waals surface area contributed by atoms with Gasteiger partial charge in [0.25, 0.3) is 0 Å². The number of hydrogen-bond donors (Lipinski definition) is 1. The lowest BCUT2D eigenvalue weighted by Crippen LogP contribution is -2.42. The molecule has 1 N–H and O–H groups in total. The molecule has 0 saturated carbocycles. The van der Waals surface area contributed by atoms with E-state index in [-0.39, 0.29) is 23.8 Å². The molecule has 1 saturated heterocycles. The average molecular weight is 241 g/mol. The predicted molar refractivity (Wildman–Crippen MR) is 69.6 cm³/mol. The van der Waals surface area contributed by atoms with Gasteiger partial charge in [-0.2, -0.15) is 0 Å². The maximum atomic E-state index is 12.2. The first kappa shape index (κ1) is 14.5. The zero-order chi connectivity index (χ0) is 13.1. The molecule has 1 rings (SSSR count). The summed E-state index contributed by atoms with van der Waals surface area (Å²) in [5.74, 6) is 0.938. The van der Waals surface area contributed by atoms with Gasteiger partial charge in [0.2, 0.25) is 5.91 Å². The number of piperidine rings is 1. The van der Waals surface area contributed by atoms with E-state index in [1.54, 1.807) is 0 Å². The van der Waals surface area contributed by atoms with Crippen LogP contribution >= 0.6 is 0 Å². The third-order valence-electron chi connectivity index (χ3n) is 4.09. The molecular weight excluding hydrogens is 214 g/mol. The number of aliphatic hydroxyl groups is 1. The van der Waals surface area contributed by atoms with E-state index in [0.29, 0.717) is 12.3 Å². The van der Waals surface area contributed by atoms with Crippen LogP contribution in [0.1, 0.15) is 47.0 Å². The standard InChI is InChI=1S/C14H27NO2/c1-11(14(2,3)4)8-13(17)15-7-5-6-12(9-15)10-16/h11-12,16H,5-10H2,1-4H3. The number of carbonyl (C=O) groups excluding carboxylic acids is 1. The van der Waals surface area contributed by atoms with Gasteiger partial charge >= 0.3 is 0 Å². The zero-order valence-electron chi connectivity index (χ0n) is 11.7. The van der Waals surface area contributed by atoms with Gasteiger partial charge in [-0.25, -0.2) is 0 Å². The summed E-state index contributed by atoms with van der Waals surface area (Å²) < 4.78 is 0. The van der Waals surface area contributed by atoms with Crippen LogP contribution in [-0.2, 0) is 4.79 Å². The van der Waals surface area contributed by atoms with Gasteiger partial charge in [-0.15, -0.1) is 0 Å². The van der Waals surface area contributed by atoms with E-state index in [2.05, 4.69) is 27.7 Å². The van der Waals surface area contributed by atoms with Crippen LogP contribution in [0.2, 0.25) is 0 Å². The van der Waals surface area contributed by atoms with E-state index >= 15 is 0 Å². The summed E-state index contributed by atoms with van der Waals surface area (Å²) in [6.07, 6.45) is 2.71. The number of aliphatic hydroxyl groups excluding tert-OH is 1. The molecule has 0 aromatic heterocycles. The fourth-order valence-corrected chi connectivity index (χ4v) is 2.14. The topological polar surface area (TPSA) is 40.5 Å². The normalized spacial score (nSPS) is 23.6. The fraction of sp³-hybridized carbons (Fsp3) is 0.929. The second-order valence-electron chi connectivity index (χ2n) is 6.50. The molecule has 0 aromatic carbocycles. The van der Waals surface area contributed by atoms with Crippen molar-refractivity contribution in [2.45, 2.75) is 47.0 Å². The van der Waals surface area contributed by atoms with Crippen LogP contribution in [0, 0.1) is 17.3 Å². The summed E-state index contributed by atoms with van der Waals surface area (Å²) >= 11 is 0. The van der Waals surface area contributed by atoms with Crippen molar-refractivity contribution in [2.24, 2.45) is 17.3 Å².